The fourth-order valence-corrected chi connectivity index (χ4v) is 14.7. The van der Waals surface area contributed by atoms with Gasteiger partial charge in [-0.2, -0.15) is 0 Å². The second-order valence-corrected chi connectivity index (χ2v) is 30.1. The lowest BCUT2D eigenvalue weighted by Crippen LogP contribution is -2.64. The lowest BCUT2D eigenvalue weighted by Gasteiger charge is -2.47. The number of aliphatic carboxylic acids is 1. The van der Waals surface area contributed by atoms with Gasteiger partial charge in [-0.25, -0.2) is 4.79 Å². The molecular formula is C73H88Cl2N10O26. The summed E-state index contributed by atoms with van der Waals surface area (Å²) in [5.74, 6) is -16.1. The zero-order chi connectivity index (χ0) is 80.9. The molecule has 0 aliphatic carbocycles. The van der Waals surface area contributed by atoms with Gasteiger partial charge in [-0.1, -0.05) is 55.2 Å². The summed E-state index contributed by atoms with van der Waals surface area (Å²) in [5.41, 5.74) is 13.3. The van der Waals surface area contributed by atoms with E-state index in [1.165, 1.54) is 65.1 Å². The normalized spacial score (nSPS) is 32.1. The first kappa shape index (κ1) is 82.6. The molecule has 600 valence electrons. The minimum atomic E-state index is -2.38. The van der Waals surface area contributed by atoms with Gasteiger partial charge in [-0.15, -0.1) is 0 Å². The molecule has 3 fully saturated rings. The van der Waals surface area contributed by atoms with Gasteiger partial charge in [-0.3, -0.25) is 33.6 Å². The van der Waals surface area contributed by atoms with Crippen LogP contribution in [0.4, 0.5) is 0 Å². The number of phenolic OH excluding ortho intramolecular Hbond substituents is 3. The number of benzene rings is 5. The lowest BCUT2D eigenvalue weighted by molar-refractivity contribution is -0.333. The summed E-state index contributed by atoms with van der Waals surface area (Å²) in [4.78, 5) is 120. The van der Waals surface area contributed by atoms with Crippen molar-refractivity contribution < 1.29 is 127 Å². The number of fused-ring (bicyclic) bond motifs is 15. The molecule has 8 aliphatic heterocycles. The molecule has 36 nitrogen and oxygen atoms in total. The molecule has 23 N–H and O–H groups in total. The number of halogens is 2. The molecule has 8 aliphatic rings. The van der Waals surface area contributed by atoms with Gasteiger partial charge in [0.25, 0.3) is 0 Å². The molecule has 8 heterocycles. The van der Waals surface area contributed by atoms with Crippen LogP contribution in [-0.4, -0.2) is 215 Å². The van der Waals surface area contributed by atoms with Gasteiger partial charge in [0.1, 0.15) is 89.5 Å². The molecule has 111 heavy (non-hydrogen) atoms. The number of likely N-dealkylation sites (N-methyl/N-ethyl adjacent to an activating group) is 1. The SMILES string of the molecule is CNC(CC(C)C)C(=O)NC1C(=O)N[C@@H](CC(N)=O)C(=O)N[C@H]2C(=O)N[C@H]3C(=O)N[C@H](C(=O)N[C@H](C(=O)O)c4cc(O)cc(O)c4-c4cc3ccc4O)C(OC3CC(C)(N)C(O)[C@H](C)O3)c3ccc(c(Cl)c3)Oc3cc2cc(c3OC2O[C@H](CO)C(O)C(O)C2OC2CC(C)(N)C(O)[C@H](C)O2)Oc2ccc(cc2Cl)C1O. The minimum absolute atomic E-state index is 0.110. The quantitative estimate of drug-likeness (QED) is 0.0672. The summed E-state index contributed by atoms with van der Waals surface area (Å²) in [6.45, 7) is 8.58. The van der Waals surface area contributed by atoms with Gasteiger partial charge in [-0.05, 0) is 124 Å². The van der Waals surface area contributed by atoms with Crippen molar-refractivity contribution in [2.75, 3.05) is 13.7 Å². The molecule has 3 saturated heterocycles. The van der Waals surface area contributed by atoms with Gasteiger partial charge in [0.15, 0.2) is 36.2 Å². The van der Waals surface area contributed by atoms with E-state index in [1.54, 1.807) is 0 Å². The number of primary amides is 1. The molecule has 0 saturated carbocycles. The number of carbonyl (C=O) groups excluding carboxylic acids is 7. The van der Waals surface area contributed by atoms with E-state index in [0.29, 0.717) is 0 Å². The van der Waals surface area contributed by atoms with Crippen molar-refractivity contribution in [3.8, 4) is 57.1 Å². The average molecular weight is 1590 g/mol. The molecule has 14 unspecified atom stereocenters. The van der Waals surface area contributed by atoms with E-state index < -0.39 is 261 Å². The number of carboxylic acid groups (broad SMARTS) is 1. The monoisotopic (exact) mass is 1590 g/mol. The zero-order valence-electron chi connectivity index (χ0n) is 60.7. The number of nitrogens with two attached hydrogens (primary N) is 3. The van der Waals surface area contributed by atoms with Crippen LogP contribution in [-0.2, 0) is 62.0 Å². The Labute approximate surface area is 643 Å². The Balaban J connectivity index is 1.19. The standard InChI is InChI=1S/C73H88Cl2N10O26/c1-26(2)14-38(79-7)64(96)84-54-56(91)30-9-12-42(36(74)16-30)106-44-18-32-19-45(60(44)111-71-61(58(93)57(92)46(25-86)108-71)110-49-24-73(6,78)63(95)28(4)105-49)107-43-13-10-31(17-37(43)75)59(109-48-23-72(5,77)62(94)27(3)104-48)55-69(101)83-53(70(102)103)35-20-33(87)21-41(89)50(35)34-15-29(8-11-40(34)88)51(66(98)85-55)82-67(99)52(32)81-65(97)39(22-47(76)90)80-68(54)100/h8-13,15-21,26-28,38-39,46,48-49,51-59,61-63,71,79,86-89,91-95H,14,22-25,77-78H2,1-7H3,(H2,76,90)(H,80,100)(H,81,97)(H,82,99)(H,83,101)(H,84,96)(H,85,98)(H,102,103)/t27-,28-,38?,39-,46+,48?,49?,51+,52+,53-,54?,55-,56?,57?,58?,59?,61?,62?,63?,71?,72?,73?/m0/s1. The van der Waals surface area contributed by atoms with E-state index in [1.807, 2.05) is 13.8 Å². The number of hydrogen-bond acceptors (Lipinski definition) is 28. The minimum Gasteiger partial charge on any atom is -0.508 e. The van der Waals surface area contributed by atoms with E-state index in [-0.39, 0.29) is 52.6 Å². The van der Waals surface area contributed by atoms with E-state index in [0.717, 1.165) is 48.5 Å². The van der Waals surface area contributed by atoms with Crippen molar-refractivity contribution in [2.24, 2.45) is 23.1 Å². The Bertz CT molecular complexity index is 4420. The van der Waals surface area contributed by atoms with Crippen molar-refractivity contribution in [3.63, 3.8) is 0 Å². The van der Waals surface area contributed by atoms with Gasteiger partial charge in [0, 0.05) is 46.7 Å². The van der Waals surface area contributed by atoms with Crippen LogP contribution in [0.1, 0.15) is 125 Å². The lowest BCUT2D eigenvalue weighted by atomic mass is 9.86. The Hall–Kier alpha value is -9.32. The van der Waals surface area contributed by atoms with Crippen molar-refractivity contribution in [1.29, 1.82) is 0 Å². The predicted octanol–water partition coefficient (Wildman–Crippen LogP) is 0.344. The molecule has 0 radical (unpaired) electrons. The van der Waals surface area contributed by atoms with E-state index in [2.05, 4.69) is 37.2 Å². The highest BCUT2D eigenvalue weighted by Gasteiger charge is 2.52. The summed E-state index contributed by atoms with van der Waals surface area (Å²) in [6, 6.07) is -0.452. The summed E-state index contributed by atoms with van der Waals surface area (Å²) in [5, 5.41) is 131. The fraction of sp³-hybridized carbons (Fsp3) is 0.479. The van der Waals surface area contributed by atoms with Crippen LogP contribution in [0, 0.1) is 5.92 Å². The number of nitrogens with one attached hydrogen (secondary N) is 7. The maximum Gasteiger partial charge on any atom is 0.330 e. The largest absolute Gasteiger partial charge is 0.508 e. The molecule has 13 rings (SSSR count). The number of aliphatic hydroxyl groups excluding tert-OH is 6. The highest BCUT2D eigenvalue weighted by Crippen LogP contribution is 2.50. The Morgan fingerprint density at radius 3 is 1.79 bits per heavy atom. The number of rotatable bonds is 15. The highest BCUT2D eigenvalue weighted by atomic mass is 35.5. The molecule has 22 atom stereocenters. The summed E-state index contributed by atoms with van der Waals surface area (Å²) >= 11 is 14.5. The first-order chi connectivity index (χ1) is 52.3. The number of hydrogen-bond donors (Lipinski definition) is 20. The molecule has 38 heteroatoms. The Morgan fingerprint density at radius 1 is 0.658 bits per heavy atom. The number of carboxylic acids is 1. The predicted molar refractivity (Wildman–Crippen MR) is 386 cm³/mol. The van der Waals surface area contributed by atoms with Crippen LogP contribution >= 0.6 is 23.2 Å². The molecule has 11 bridgehead atoms. The first-order valence-corrected chi connectivity index (χ1v) is 36.1. The van der Waals surface area contributed by atoms with Gasteiger partial charge < -0.3 is 143 Å². The van der Waals surface area contributed by atoms with E-state index in [4.69, 9.17) is 78.3 Å². The Kier molecular flexibility index (Phi) is 24.7. The smallest absolute Gasteiger partial charge is 0.330 e. The van der Waals surface area contributed by atoms with Crippen LogP contribution in [0.3, 0.4) is 0 Å². The van der Waals surface area contributed by atoms with Crippen molar-refractivity contribution in [3.05, 3.63) is 117 Å². The number of aromatic hydroxyl groups is 3. The van der Waals surface area contributed by atoms with Crippen LogP contribution < -0.4 is 68.6 Å². The molecule has 0 spiro atoms. The summed E-state index contributed by atoms with van der Waals surface area (Å²) in [7, 11) is 1.47. The third-order valence-electron chi connectivity index (χ3n) is 20.1. The number of carbonyl (C=O) groups is 8. The maximum absolute atomic E-state index is 16.4. The summed E-state index contributed by atoms with van der Waals surface area (Å²) < 4.78 is 51.7. The molecule has 5 aromatic carbocycles. The van der Waals surface area contributed by atoms with Crippen molar-refractivity contribution in [1.82, 2.24) is 37.2 Å². The number of amides is 7. The second-order valence-electron chi connectivity index (χ2n) is 29.3. The van der Waals surface area contributed by atoms with Crippen molar-refractivity contribution >= 4 is 70.5 Å². The molecule has 5 aromatic rings. The fourth-order valence-electron chi connectivity index (χ4n) is 14.3. The van der Waals surface area contributed by atoms with Crippen LogP contribution in [0.5, 0.6) is 46.0 Å². The average Bonchev–Trinajstić information content (AvgIpc) is 0.763. The zero-order valence-corrected chi connectivity index (χ0v) is 62.2. The van der Waals surface area contributed by atoms with Gasteiger partial charge >= 0.3 is 5.97 Å². The van der Waals surface area contributed by atoms with Gasteiger partial charge in [0.2, 0.25) is 53.4 Å². The number of aliphatic hydroxyl groups is 6. The van der Waals surface area contributed by atoms with E-state index >= 15 is 19.2 Å². The first-order valence-electron chi connectivity index (χ1n) is 35.3. The third kappa shape index (κ3) is 17.7. The number of ether oxygens (including phenoxy) is 8. The topological polar surface area (TPSA) is 575 Å². The van der Waals surface area contributed by atoms with E-state index in [9.17, 15) is 70.2 Å². The molecule has 0 aromatic heterocycles. The maximum atomic E-state index is 16.4. The summed E-state index contributed by atoms with van der Waals surface area (Å²) in [6.07, 6.45) is -22.8. The van der Waals surface area contributed by atoms with Crippen molar-refractivity contribution in [2.45, 2.75) is 201 Å². The highest BCUT2D eigenvalue weighted by molar-refractivity contribution is 6.32. The van der Waals surface area contributed by atoms with Crippen LogP contribution in [0.15, 0.2) is 78.9 Å². The van der Waals surface area contributed by atoms with Crippen LogP contribution in [0.2, 0.25) is 10.0 Å². The number of phenols is 3. The molecular weight excluding hydrogens is 1500 g/mol. The molecule has 7 amide bonds. The third-order valence-corrected chi connectivity index (χ3v) is 20.7. The van der Waals surface area contributed by atoms with Crippen LogP contribution in [0.25, 0.3) is 11.1 Å². The van der Waals surface area contributed by atoms with Gasteiger partial charge in [0.05, 0.1) is 53.5 Å². The Morgan fingerprint density at radius 2 is 1.23 bits per heavy atom. The second kappa shape index (κ2) is 33.2.